The Morgan fingerprint density at radius 3 is 1.26 bits per heavy atom. The van der Waals surface area contributed by atoms with E-state index < -0.39 is 0 Å². The fraction of sp³-hybridized carbons (Fsp3) is 0.0286. The molecule has 0 aromatic heterocycles. The molecule has 6 rings (SSSR count). The molecule has 0 saturated carbocycles. The van der Waals surface area contributed by atoms with Crippen molar-refractivity contribution < 1.29 is 0 Å². The Hall–Kier alpha value is -4.42. The number of hydrogen-bond acceptors (Lipinski definition) is 0. The van der Waals surface area contributed by atoms with Crippen molar-refractivity contribution in [3.8, 4) is 44.5 Å². The Morgan fingerprint density at radius 2 is 0.771 bits per heavy atom. The van der Waals surface area contributed by atoms with Gasteiger partial charge in [0.15, 0.2) is 0 Å². The molecule has 0 bridgehead atoms. The molecule has 0 nitrogen and oxygen atoms in total. The second-order valence-electron chi connectivity index (χ2n) is 8.90. The lowest BCUT2D eigenvalue weighted by Crippen LogP contribution is -2.02. The highest BCUT2D eigenvalue weighted by molar-refractivity contribution is 6.03. The molecule has 0 heterocycles. The maximum atomic E-state index is 2.43. The zero-order valence-corrected chi connectivity index (χ0v) is 19.5. The quantitative estimate of drug-likeness (QED) is 0.252. The maximum absolute atomic E-state index is 2.43. The molecular weight excluding hydrogens is 420 g/mol. The van der Waals surface area contributed by atoms with Crippen LogP contribution in [-0.4, -0.2) is 0 Å². The van der Waals surface area contributed by atoms with Gasteiger partial charge in [0.1, 0.15) is 0 Å². The fourth-order valence-electron chi connectivity index (χ4n) is 5.17. The molecule has 1 aliphatic carbocycles. The monoisotopic (exact) mass is 446 g/mol. The van der Waals surface area contributed by atoms with Gasteiger partial charge in [-0.1, -0.05) is 146 Å². The minimum Gasteiger partial charge on any atom is -0.0732 e. The largest absolute Gasteiger partial charge is 0.0732 e. The second kappa shape index (κ2) is 9.44. The van der Waals surface area contributed by atoms with Crippen LogP contribution >= 0.6 is 0 Å². The standard InChI is InChI=1S/C35H26/c1-5-15-26(16-6-1)31-25-32(27-17-13-14-18-27)34(29-21-9-3-10-22-29)35(30-23-11-4-12-24-30)33(31)28-19-7-2-8-20-28/h1-25,27H. The molecule has 0 unspecified atom stereocenters. The summed E-state index contributed by atoms with van der Waals surface area (Å²) in [4.78, 5) is 0. The van der Waals surface area contributed by atoms with E-state index in [0.717, 1.165) is 0 Å². The summed E-state index contributed by atoms with van der Waals surface area (Å²) in [6.07, 6.45) is 8.92. The van der Waals surface area contributed by atoms with Crippen LogP contribution in [0.25, 0.3) is 44.5 Å². The van der Waals surface area contributed by atoms with Crippen molar-refractivity contribution in [1.29, 1.82) is 0 Å². The highest BCUT2D eigenvalue weighted by atomic mass is 14.3. The molecular formula is C35H26. The van der Waals surface area contributed by atoms with Crippen LogP contribution in [0.5, 0.6) is 0 Å². The molecule has 5 aromatic carbocycles. The third-order valence-corrected chi connectivity index (χ3v) is 6.74. The van der Waals surface area contributed by atoms with Gasteiger partial charge in [-0.2, -0.15) is 0 Å². The molecule has 0 fully saturated rings. The van der Waals surface area contributed by atoms with Crippen molar-refractivity contribution >= 4 is 0 Å². The van der Waals surface area contributed by atoms with Gasteiger partial charge >= 0.3 is 0 Å². The van der Waals surface area contributed by atoms with Crippen molar-refractivity contribution in [2.24, 2.45) is 0 Å². The average Bonchev–Trinajstić information content (AvgIpc) is 3.49. The Labute approximate surface area is 207 Å². The van der Waals surface area contributed by atoms with E-state index in [4.69, 9.17) is 0 Å². The molecule has 35 heavy (non-hydrogen) atoms. The summed E-state index contributed by atoms with van der Waals surface area (Å²) in [6, 6.07) is 45.8. The first-order valence-electron chi connectivity index (χ1n) is 12.2. The van der Waals surface area contributed by atoms with Crippen LogP contribution < -0.4 is 0 Å². The number of rotatable bonds is 5. The molecule has 0 aliphatic heterocycles. The van der Waals surface area contributed by atoms with Crippen LogP contribution in [0, 0.1) is 0 Å². The van der Waals surface area contributed by atoms with Gasteiger partial charge in [-0.25, -0.2) is 0 Å². The summed E-state index contributed by atoms with van der Waals surface area (Å²) in [5, 5.41) is 0. The van der Waals surface area contributed by atoms with Crippen LogP contribution in [0.1, 0.15) is 11.5 Å². The first kappa shape index (κ1) is 21.1. The molecule has 0 amide bonds. The van der Waals surface area contributed by atoms with Gasteiger partial charge in [0, 0.05) is 5.92 Å². The zero-order chi connectivity index (χ0) is 23.5. The van der Waals surface area contributed by atoms with E-state index in [1.165, 1.54) is 50.1 Å². The van der Waals surface area contributed by atoms with Crippen LogP contribution in [0.15, 0.2) is 152 Å². The van der Waals surface area contributed by atoms with E-state index in [2.05, 4.69) is 152 Å². The third-order valence-electron chi connectivity index (χ3n) is 6.74. The van der Waals surface area contributed by atoms with Crippen LogP contribution in [0.3, 0.4) is 0 Å². The van der Waals surface area contributed by atoms with Crippen LogP contribution in [0.4, 0.5) is 0 Å². The van der Waals surface area contributed by atoms with Gasteiger partial charge in [-0.15, -0.1) is 0 Å². The number of allylic oxidation sites excluding steroid dienone is 4. The molecule has 0 radical (unpaired) electrons. The number of hydrogen-bond donors (Lipinski definition) is 0. The Kier molecular flexibility index (Phi) is 5.70. The lowest BCUT2D eigenvalue weighted by molar-refractivity contribution is 1.11. The SMILES string of the molecule is C1=CC(c2cc(-c3ccccc3)c(-c3ccccc3)c(-c3ccccc3)c2-c2ccccc2)C=C1. The van der Waals surface area contributed by atoms with Gasteiger partial charge in [-0.3, -0.25) is 0 Å². The average molecular weight is 447 g/mol. The van der Waals surface area contributed by atoms with E-state index >= 15 is 0 Å². The normalized spacial score (nSPS) is 12.8. The van der Waals surface area contributed by atoms with E-state index in [-0.39, 0.29) is 5.92 Å². The lowest BCUT2D eigenvalue weighted by Gasteiger charge is -2.25. The summed E-state index contributed by atoms with van der Waals surface area (Å²) < 4.78 is 0. The van der Waals surface area contributed by atoms with Gasteiger partial charge < -0.3 is 0 Å². The molecule has 0 saturated heterocycles. The van der Waals surface area contributed by atoms with Gasteiger partial charge in [0.2, 0.25) is 0 Å². The van der Waals surface area contributed by atoms with E-state index in [1.807, 2.05) is 0 Å². The Balaban J connectivity index is 1.82. The number of benzene rings is 5. The summed E-state index contributed by atoms with van der Waals surface area (Å²) in [5.74, 6) is 0.236. The molecule has 0 spiro atoms. The van der Waals surface area contributed by atoms with Crippen molar-refractivity contribution in [2.75, 3.05) is 0 Å². The molecule has 5 aromatic rings. The maximum Gasteiger partial charge on any atom is 0.0211 e. The Morgan fingerprint density at radius 1 is 0.371 bits per heavy atom. The second-order valence-corrected chi connectivity index (χ2v) is 8.90. The Bertz CT molecular complexity index is 1480. The van der Waals surface area contributed by atoms with Crippen molar-refractivity contribution in [2.45, 2.75) is 5.92 Å². The van der Waals surface area contributed by atoms with Crippen molar-refractivity contribution in [1.82, 2.24) is 0 Å². The van der Waals surface area contributed by atoms with Crippen LogP contribution in [0.2, 0.25) is 0 Å². The minimum atomic E-state index is 0.236. The zero-order valence-electron chi connectivity index (χ0n) is 19.5. The third kappa shape index (κ3) is 4.05. The van der Waals surface area contributed by atoms with Crippen molar-refractivity contribution in [3.05, 3.63) is 157 Å². The van der Waals surface area contributed by atoms with Crippen LogP contribution in [-0.2, 0) is 0 Å². The molecule has 166 valence electrons. The lowest BCUT2D eigenvalue weighted by atomic mass is 9.78. The molecule has 0 atom stereocenters. The molecule has 0 heteroatoms. The summed E-state index contributed by atoms with van der Waals surface area (Å²) in [6.45, 7) is 0. The van der Waals surface area contributed by atoms with E-state index in [9.17, 15) is 0 Å². The minimum absolute atomic E-state index is 0.236. The van der Waals surface area contributed by atoms with Crippen molar-refractivity contribution in [3.63, 3.8) is 0 Å². The summed E-state index contributed by atoms with van der Waals surface area (Å²) >= 11 is 0. The van der Waals surface area contributed by atoms with Gasteiger partial charge in [0.05, 0.1) is 0 Å². The first-order chi connectivity index (χ1) is 17.4. The molecule has 1 aliphatic rings. The topological polar surface area (TPSA) is 0 Å². The summed E-state index contributed by atoms with van der Waals surface area (Å²) in [7, 11) is 0. The predicted octanol–water partition coefficient (Wildman–Crippen LogP) is 9.56. The van der Waals surface area contributed by atoms with E-state index in [0.29, 0.717) is 0 Å². The van der Waals surface area contributed by atoms with Gasteiger partial charge in [-0.05, 0) is 56.1 Å². The highest BCUT2D eigenvalue weighted by Crippen LogP contribution is 2.49. The van der Waals surface area contributed by atoms with Gasteiger partial charge in [0.25, 0.3) is 0 Å². The smallest absolute Gasteiger partial charge is 0.0211 e. The van der Waals surface area contributed by atoms with E-state index in [1.54, 1.807) is 0 Å². The highest BCUT2D eigenvalue weighted by Gasteiger charge is 2.25. The summed E-state index contributed by atoms with van der Waals surface area (Å²) in [5.41, 5.74) is 11.4. The molecule has 0 N–H and O–H groups in total. The fourth-order valence-corrected chi connectivity index (χ4v) is 5.17. The predicted molar refractivity (Wildman–Crippen MR) is 149 cm³/mol. The first-order valence-corrected chi connectivity index (χ1v) is 12.2.